The van der Waals surface area contributed by atoms with Crippen LogP contribution in [0.5, 0.6) is 0 Å². The molecule has 0 saturated carbocycles. The van der Waals surface area contributed by atoms with E-state index >= 15 is 0 Å². The molecule has 2 aromatic carbocycles. The first kappa shape index (κ1) is 30.6. The van der Waals surface area contributed by atoms with Gasteiger partial charge in [0.2, 0.25) is 0 Å². The number of hydrogen-bond donors (Lipinski definition) is 3. The van der Waals surface area contributed by atoms with Crippen molar-refractivity contribution in [2.24, 2.45) is 0 Å². The third kappa shape index (κ3) is 6.60. The molecular weight excluding hydrogens is 577 g/mol. The van der Waals surface area contributed by atoms with E-state index in [1.54, 1.807) is 0 Å². The van der Waals surface area contributed by atoms with E-state index in [2.05, 4.69) is 20.6 Å². The third-order valence-corrected chi connectivity index (χ3v) is 6.53. The molecule has 1 aliphatic heterocycles. The van der Waals surface area contributed by atoms with Crippen LogP contribution in [0.3, 0.4) is 0 Å². The van der Waals surface area contributed by atoms with Crippen molar-refractivity contribution in [1.82, 2.24) is 19.8 Å². The molecule has 3 amide bonds. The molecule has 1 aliphatic rings. The van der Waals surface area contributed by atoms with Gasteiger partial charge in [-0.15, -0.1) is 0 Å². The number of anilines is 2. The number of halogens is 7. The highest BCUT2D eigenvalue weighted by molar-refractivity contribution is 6.00. The molecule has 0 spiro atoms. The van der Waals surface area contributed by atoms with Crippen molar-refractivity contribution < 1.29 is 45.4 Å². The molecule has 42 heavy (non-hydrogen) atoms. The SMILES string of the molecule is O=C(Nc1cnccn1)Nc1ccc(C(=O)N2CCN(Cc3ccc(C(O)(C(F)(F)F)C(F)(F)F)cc3)CC2)cc1F. The molecule has 0 unspecified atom stereocenters. The van der Waals surface area contributed by atoms with Gasteiger partial charge >= 0.3 is 18.4 Å². The first-order valence-electron chi connectivity index (χ1n) is 12.3. The van der Waals surface area contributed by atoms with Crippen LogP contribution in [0.4, 0.5) is 47.0 Å². The highest BCUT2D eigenvalue weighted by Gasteiger charge is 2.71. The third-order valence-electron chi connectivity index (χ3n) is 6.53. The molecule has 0 aliphatic carbocycles. The quantitative estimate of drug-likeness (QED) is 0.359. The van der Waals surface area contributed by atoms with Crippen molar-refractivity contribution in [3.05, 3.63) is 83.6 Å². The maximum Gasteiger partial charge on any atom is 0.430 e. The molecule has 0 radical (unpaired) electrons. The van der Waals surface area contributed by atoms with Gasteiger partial charge in [0.05, 0.1) is 11.9 Å². The van der Waals surface area contributed by atoms with Crippen molar-refractivity contribution in [1.29, 1.82) is 0 Å². The van der Waals surface area contributed by atoms with Crippen molar-refractivity contribution in [3.8, 4) is 0 Å². The Morgan fingerprint density at radius 3 is 2.07 bits per heavy atom. The Morgan fingerprint density at radius 2 is 1.52 bits per heavy atom. The Balaban J connectivity index is 1.32. The van der Waals surface area contributed by atoms with Crippen molar-refractivity contribution >= 4 is 23.4 Å². The summed E-state index contributed by atoms with van der Waals surface area (Å²) >= 11 is 0. The summed E-state index contributed by atoms with van der Waals surface area (Å²) in [6, 6.07) is 6.11. The van der Waals surface area contributed by atoms with Crippen LogP contribution >= 0.6 is 0 Å². The van der Waals surface area contributed by atoms with Crippen LogP contribution in [0.15, 0.2) is 61.1 Å². The number of carbonyl (C=O) groups excluding carboxylic acids is 2. The summed E-state index contributed by atoms with van der Waals surface area (Å²) in [5, 5.41) is 14.2. The van der Waals surface area contributed by atoms with Crippen LogP contribution in [-0.4, -0.2) is 75.3 Å². The van der Waals surface area contributed by atoms with Crippen molar-refractivity contribution in [2.45, 2.75) is 24.5 Å². The molecule has 4 rings (SSSR count). The Hall–Kier alpha value is -4.31. The standard InChI is InChI=1S/C26H23F7N6O3/c27-19-13-17(3-6-20(19)36-23(41)37-21-14-34-7-8-35-21)22(40)39-11-9-38(10-12-39)15-16-1-4-18(5-2-16)24(42,25(28,29)30)26(31,32)33/h1-8,13-14,42H,9-12,15H2,(H2,35,36,37,41). The lowest BCUT2D eigenvalue weighted by Gasteiger charge is -2.35. The molecular formula is C26H23F7N6O3. The fraction of sp³-hybridized carbons (Fsp3) is 0.308. The van der Waals surface area contributed by atoms with E-state index in [0.29, 0.717) is 30.8 Å². The maximum absolute atomic E-state index is 14.6. The molecule has 0 bridgehead atoms. The van der Waals surface area contributed by atoms with Gasteiger partial charge in [0, 0.05) is 56.2 Å². The summed E-state index contributed by atoms with van der Waals surface area (Å²) in [5.41, 5.74) is -6.08. The van der Waals surface area contributed by atoms with E-state index in [1.165, 1.54) is 35.6 Å². The zero-order chi connectivity index (χ0) is 30.7. The average molecular weight is 600 g/mol. The van der Waals surface area contributed by atoms with Crippen LogP contribution in [0, 0.1) is 5.82 Å². The minimum Gasteiger partial charge on any atom is -0.369 e. The molecule has 1 aromatic heterocycles. The van der Waals surface area contributed by atoms with E-state index in [0.717, 1.165) is 18.2 Å². The number of aliphatic hydroxyl groups is 1. The molecule has 224 valence electrons. The number of nitrogens with one attached hydrogen (secondary N) is 2. The molecule has 2 heterocycles. The zero-order valence-electron chi connectivity index (χ0n) is 21.5. The topological polar surface area (TPSA) is 111 Å². The van der Waals surface area contributed by atoms with Crippen LogP contribution in [0.25, 0.3) is 0 Å². The summed E-state index contributed by atoms with van der Waals surface area (Å²) in [4.78, 5) is 35.9. The van der Waals surface area contributed by atoms with Crippen LogP contribution in [0.2, 0.25) is 0 Å². The number of aromatic nitrogens is 2. The van der Waals surface area contributed by atoms with Crippen LogP contribution < -0.4 is 10.6 Å². The lowest BCUT2D eigenvalue weighted by Crippen LogP contribution is -2.53. The first-order chi connectivity index (χ1) is 19.7. The molecule has 1 fully saturated rings. The number of benzene rings is 2. The Kier molecular flexibility index (Phi) is 8.68. The molecule has 3 aromatic rings. The fourth-order valence-electron chi connectivity index (χ4n) is 4.27. The Bertz CT molecular complexity index is 1400. The molecule has 9 nitrogen and oxygen atoms in total. The highest BCUT2D eigenvalue weighted by atomic mass is 19.4. The minimum atomic E-state index is -5.97. The molecule has 0 atom stereocenters. The molecule has 16 heteroatoms. The first-order valence-corrected chi connectivity index (χ1v) is 12.3. The number of amides is 3. The van der Waals surface area contributed by atoms with Gasteiger partial charge < -0.3 is 15.3 Å². The average Bonchev–Trinajstić information content (AvgIpc) is 2.93. The fourth-order valence-corrected chi connectivity index (χ4v) is 4.27. The predicted octanol–water partition coefficient (Wildman–Crippen LogP) is 4.53. The van der Waals surface area contributed by atoms with E-state index in [4.69, 9.17) is 0 Å². The summed E-state index contributed by atoms with van der Waals surface area (Å²) < 4.78 is 93.2. The number of hydrogen-bond acceptors (Lipinski definition) is 6. The van der Waals surface area contributed by atoms with Gasteiger partial charge in [0.1, 0.15) is 5.82 Å². The maximum atomic E-state index is 14.6. The number of nitrogens with zero attached hydrogens (tertiary/aromatic N) is 4. The summed E-state index contributed by atoms with van der Waals surface area (Å²) in [7, 11) is 0. The van der Waals surface area contributed by atoms with E-state index in [9.17, 15) is 45.4 Å². The van der Waals surface area contributed by atoms with E-state index in [1.807, 2.05) is 4.90 Å². The second-order valence-corrected chi connectivity index (χ2v) is 9.34. The van der Waals surface area contributed by atoms with Gasteiger partial charge in [-0.05, 0) is 23.8 Å². The summed E-state index contributed by atoms with van der Waals surface area (Å²) in [6.45, 7) is 1.27. The van der Waals surface area contributed by atoms with Crippen molar-refractivity contribution in [3.63, 3.8) is 0 Å². The Labute approximate surface area is 234 Å². The number of alkyl halides is 6. The number of rotatable bonds is 6. The molecule has 3 N–H and O–H groups in total. The van der Waals surface area contributed by atoms with Crippen molar-refractivity contribution in [2.75, 3.05) is 36.8 Å². The van der Waals surface area contributed by atoms with Gasteiger partial charge in [-0.25, -0.2) is 14.2 Å². The van der Waals surface area contributed by atoms with Crippen LogP contribution in [-0.2, 0) is 12.1 Å². The van der Waals surface area contributed by atoms with Gasteiger partial charge in [0.15, 0.2) is 5.82 Å². The lowest BCUT2D eigenvalue weighted by atomic mass is 9.91. The predicted molar refractivity (Wildman–Crippen MR) is 135 cm³/mol. The van der Waals surface area contributed by atoms with E-state index < -0.39 is 41.3 Å². The lowest BCUT2D eigenvalue weighted by molar-refractivity contribution is -0.376. The van der Waals surface area contributed by atoms with Crippen LogP contribution in [0.1, 0.15) is 21.5 Å². The monoisotopic (exact) mass is 600 g/mol. The minimum absolute atomic E-state index is 0.0400. The number of urea groups is 1. The van der Waals surface area contributed by atoms with E-state index in [-0.39, 0.29) is 36.7 Å². The summed E-state index contributed by atoms with van der Waals surface area (Å²) in [6.07, 6.45) is -7.88. The number of piperazine rings is 1. The number of carbonyl (C=O) groups is 2. The second-order valence-electron chi connectivity index (χ2n) is 9.34. The summed E-state index contributed by atoms with van der Waals surface area (Å²) in [5.74, 6) is -1.17. The second kappa shape index (κ2) is 11.9. The largest absolute Gasteiger partial charge is 0.430 e. The normalized spacial score (nSPS) is 14.9. The Morgan fingerprint density at radius 1 is 0.881 bits per heavy atom. The van der Waals surface area contributed by atoms with Gasteiger partial charge in [0.25, 0.3) is 11.5 Å². The highest BCUT2D eigenvalue weighted by Crippen LogP contribution is 2.50. The molecule has 1 saturated heterocycles. The van der Waals surface area contributed by atoms with Gasteiger partial charge in [-0.1, -0.05) is 24.3 Å². The van der Waals surface area contributed by atoms with Gasteiger partial charge in [-0.3, -0.25) is 20.0 Å². The van der Waals surface area contributed by atoms with Gasteiger partial charge in [-0.2, -0.15) is 26.3 Å². The zero-order valence-corrected chi connectivity index (χ0v) is 21.5. The smallest absolute Gasteiger partial charge is 0.369 e.